The van der Waals surface area contributed by atoms with Crippen molar-refractivity contribution in [2.24, 2.45) is 0 Å². The number of sulfonamides is 2. The first-order valence-corrected chi connectivity index (χ1v) is 10.9. The van der Waals surface area contributed by atoms with E-state index in [0.717, 1.165) is 11.3 Å². The Hall–Kier alpha value is -2.01. The fraction of sp³-hybridized carbons (Fsp3) is 0.133. The van der Waals surface area contributed by atoms with Crippen molar-refractivity contribution in [2.45, 2.75) is 9.79 Å². The van der Waals surface area contributed by atoms with E-state index >= 15 is 0 Å². The maximum atomic E-state index is 12.6. The third kappa shape index (κ3) is 4.54. The highest BCUT2D eigenvalue weighted by molar-refractivity contribution is 7.93. The van der Waals surface area contributed by atoms with E-state index in [-0.39, 0.29) is 28.0 Å². The van der Waals surface area contributed by atoms with Gasteiger partial charge in [0.1, 0.15) is 0 Å². The molecule has 0 spiro atoms. The third-order valence-electron chi connectivity index (χ3n) is 3.09. The molecule has 0 bridgehead atoms. The van der Waals surface area contributed by atoms with Crippen LogP contribution in [0.5, 0.6) is 0 Å². The number of rotatable bonds is 9. The van der Waals surface area contributed by atoms with E-state index in [1.165, 1.54) is 46.9 Å². The molecule has 0 aliphatic carbocycles. The average molecular weight is 400 g/mol. The number of anilines is 1. The van der Waals surface area contributed by atoms with Crippen molar-refractivity contribution in [3.8, 4) is 0 Å². The number of benzene rings is 1. The molecular weight excluding hydrogens is 382 g/mol. The summed E-state index contributed by atoms with van der Waals surface area (Å²) in [6.45, 7) is 7.33. The van der Waals surface area contributed by atoms with Crippen molar-refractivity contribution >= 4 is 36.5 Å². The van der Waals surface area contributed by atoms with Crippen LogP contribution in [-0.2, 0) is 20.0 Å². The maximum Gasteiger partial charge on any atom is 0.263 e. The summed E-state index contributed by atoms with van der Waals surface area (Å²) in [5.41, 5.74) is 0. The van der Waals surface area contributed by atoms with Crippen LogP contribution in [0, 0.1) is 0 Å². The zero-order valence-electron chi connectivity index (χ0n) is 13.2. The lowest BCUT2D eigenvalue weighted by atomic mass is 10.4. The van der Waals surface area contributed by atoms with Gasteiger partial charge in [-0.15, -0.1) is 24.5 Å². The second-order valence-electron chi connectivity index (χ2n) is 4.81. The monoisotopic (exact) mass is 399 g/mol. The van der Waals surface area contributed by atoms with Gasteiger partial charge in [0.15, 0.2) is 5.13 Å². The van der Waals surface area contributed by atoms with Gasteiger partial charge < -0.3 is 0 Å². The molecule has 2 rings (SSSR count). The third-order valence-corrected chi connectivity index (χ3v) is 7.11. The van der Waals surface area contributed by atoms with Crippen molar-refractivity contribution in [1.29, 1.82) is 0 Å². The van der Waals surface area contributed by atoms with Crippen LogP contribution in [0.25, 0.3) is 0 Å². The van der Waals surface area contributed by atoms with Gasteiger partial charge in [-0.1, -0.05) is 12.2 Å². The lowest BCUT2D eigenvalue weighted by Gasteiger charge is -2.19. The second kappa shape index (κ2) is 7.91. The minimum Gasteiger partial charge on any atom is -0.255 e. The summed E-state index contributed by atoms with van der Waals surface area (Å²) in [6.07, 6.45) is 4.42. The fourth-order valence-electron chi connectivity index (χ4n) is 1.95. The molecule has 25 heavy (non-hydrogen) atoms. The van der Waals surface area contributed by atoms with Gasteiger partial charge in [0.25, 0.3) is 10.0 Å². The summed E-state index contributed by atoms with van der Waals surface area (Å²) in [5, 5.41) is 1.88. The largest absolute Gasteiger partial charge is 0.263 e. The summed E-state index contributed by atoms with van der Waals surface area (Å²) < 4.78 is 53.2. The van der Waals surface area contributed by atoms with Gasteiger partial charge in [0.2, 0.25) is 10.0 Å². The summed E-state index contributed by atoms with van der Waals surface area (Å²) in [4.78, 5) is 3.79. The molecule has 0 unspecified atom stereocenters. The Morgan fingerprint density at radius 1 is 1.04 bits per heavy atom. The van der Waals surface area contributed by atoms with Gasteiger partial charge in [0, 0.05) is 24.7 Å². The van der Waals surface area contributed by atoms with Crippen LogP contribution >= 0.6 is 11.3 Å². The molecule has 134 valence electrons. The second-order valence-corrected chi connectivity index (χ2v) is 9.33. The van der Waals surface area contributed by atoms with Crippen LogP contribution in [0.4, 0.5) is 5.13 Å². The summed E-state index contributed by atoms with van der Waals surface area (Å²) >= 11 is 1.14. The Morgan fingerprint density at radius 3 is 2.08 bits per heavy atom. The summed E-state index contributed by atoms with van der Waals surface area (Å²) in [6, 6.07) is 4.99. The average Bonchev–Trinajstić information content (AvgIpc) is 3.07. The molecule has 0 saturated heterocycles. The van der Waals surface area contributed by atoms with E-state index in [9.17, 15) is 16.8 Å². The Bertz CT molecular complexity index is 924. The van der Waals surface area contributed by atoms with Gasteiger partial charge in [-0.3, -0.25) is 4.72 Å². The van der Waals surface area contributed by atoms with E-state index < -0.39 is 20.0 Å². The Balaban J connectivity index is 2.29. The topological polar surface area (TPSA) is 96.4 Å². The molecule has 1 N–H and O–H groups in total. The molecule has 2 aromatic rings. The van der Waals surface area contributed by atoms with E-state index in [1.807, 2.05) is 0 Å². The molecule has 7 nitrogen and oxygen atoms in total. The molecule has 0 fully saturated rings. The molecule has 0 aliphatic rings. The van der Waals surface area contributed by atoms with Gasteiger partial charge in [-0.25, -0.2) is 21.8 Å². The molecule has 0 amide bonds. The number of nitrogens with one attached hydrogen (secondary N) is 1. The molecule has 0 atom stereocenters. The lowest BCUT2D eigenvalue weighted by molar-refractivity contribution is 0.474. The van der Waals surface area contributed by atoms with E-state index in [2.05, 4.69) is 22.9 Å². The van der Waals surface area contributed by atoms with Crippen LogP contribution in [0.2, 0.25) is 0 Å². The van der Waals surface area contributed by atoms with Gasteiger partial charge in [-0.05, 0) is 24.3 Å². The molecular formula is C15H17N3O4S3. The Labute approximate surface area is 151 Å². The van der Waals surface area contributed by atoms with Crippen molar-refractivity contribution in [2.75, 3.05) is 17.8 Å². The van der Waals surface area contributed by atoms with Gasteiger partial charge in [0.05, 0.1) is 9.79 Å². The van der Waals surface area contributed by atoms with Crippen LogP contribution in [0.1, 0.15) is 0 Å². The number of hydrogen-bond acceptors (Lipinski definition) is 6. The first-order chi connectivity index (χ1) is 11.8. The maximum absolute atomic E-state index is 12.6. The SMILES string of the molecule is C=CCN(CC=C)S(=O)(=O)c1ccc(S(=O)(=O)Nc2nccs2)cc1. The van der Waals surface area contributed by atoms with E-state index in [1.54, 1.807) is 5.38 Å². The van der Waals surface area contributed by atoms with Crippen LogP contribution in [0.3, 0.4) is 0 Å². The first kappa shape index (κ1) is 19.3. The Kier molecular flexibility index (Phi) is 6.11. The van der Waals surface area contributed by atoms with Crippen molar-refractivity contribution in [1.82, 2.24) is 9.29 Å². The molecule has 1 aromatic heterocycles. The number of hydrogen-bond donors (Lipinski definition) is 1. The van der Waals surface area contributed by atoms with Gasteiger partial charge in [-0.2, -0.15) is 4.31 Å². The minimum atomic E-state index is -3.83. The number of aromatic nitrogens is 1. The summed E-state index contributed by atoms with van der Waals surface area (Å²) in [7, 11) is -7.60. The minimum absolute atomic E-state index is 0.00982. The van der Waals surface area contributed by atoms with Crippen molar-refractivity contribution < 1.29 is 16.8 Å². The van der Waals surface area contributed by atoms with Crippen LogP contribution < -0.4 is 4.72 Å². The standard InChI is InChI=1S/C15H17N3O4S3/c1-3-10-18(11-4-2)25(21,22)14-7-5-13(6-8-14)24(19,20)17-15-16-9-12-23-15/h3-9,12H,1-2,10-11H2,(H,16,17). The van der Waals surface area contributed by atoms with Crippen LogP contribution in [0.15, 0.2) is 70.9 Å². The highest BCUT2D eigenvalue weighted by Crippen LogP contribution is 2.21. The number of nitrogens with zero attached hydrogens (tertiary/aromatic N) is 2. The number of thiazole rings is 1. The quantitative estimate of drug-likeness (QED) is 0.653. The van der Waals surface area contributed by atoms with Crippen molar-refractivity contribution in [3.63, 3.8) is 0 Å². The van der Waals surface area contributed by atoms with Gasteiger partial charge >= 0.3 is 0 Å². The normalized spacial score (nSPS) is 12.0. The zero-order valence-corrected chi connectivity index (χ0v) is 15.6. The molecule has 1 heterocycles. The van der Waals surface area contributed by atoms with Crippen LogP contribution in [-0.4, -0.2) is 39.2 Å². The fourth-order valence-corrected chi connectivity index (χ4v) is 5.12. The first-order valence-electron chi connectivity index (χ1n) is 7.05. The van der Waals surface area contributed by atoms with E-state index in [4.69, 9.17) is 0 Å². The highest BCUT2D eigenvalue weighted by atomic mass is 32.2. The molecule has 1 aromatic carbocycles. The lowest BCUT2D eigenvalue weighted by Crippen LogP contribution is -2.31. The molecule has 0 saturated carbocycles. The molecule has 0 radical (unpaired) electrons. The zero-order chi connectivity index (χ0) is 18.5. The Morgan fingerprint density at radius 2 is 1.60 bits per heavy atom. The predicted octanol–water partition coefficient (Wildman–Crippen LogP) is 2.31. The van der Waals surface area contributed by atoms with Crippen molar-refractivity contribution in [3.05, 3.63) is 61.2 Å². The predicted molar refractivity (Wildman–Crippen MR) is 98.5 cm³/mol. The highest BCUT2D eigenvalue weighted by Gasteiger charge is 2.23. The molecule has 10 heteroatoms. The van der Waals surface area contributed by atoms with E-state index in [0.29, 0.717) is 0 Å². The smallest absolute Gasteiger partial charge is 0.255 e. The summed E-state index contributed by atoms with van der Waals surface area (Å²) in [5.74, 6) is 0. The molecule has 0 aliphatic heterocycles.